The molecule has 1 fully saturated rings. The number of carbonyl (C=O) groups is 3. The molecule has 388 valence electrons. The molecule has 9 N–H and O–H groups in total. The molecule has 0 saturated carbocycles. The first-order valence-corrected chi connectivity index (χ1v) is 27.7. The Balaban J connectivity index is 0.0000168. The number of anilines is 1. The average Bonchev–Trinajstić information content (AvgIpc) is 3.84. The number of ether oxygens (including phenoxy) is 1. The molecular formula is C41H65LiN7O17P3S. The van der Waals surface area contributed by atoms with Crippen LogP contribution in [0.25, 0.3) is 11.2 Å². The molecule has 2 amide bonds. The summed E-state index contributed by atoms with van der Waals surface area (Å²) in [5.41, 5.74) is 4.23. The minimum atomic E-state index is -5.60. The SMILES string of the molecule is CCCCCC=CCC=CCC=CCC=CCCCC(=O)SCCNC(=O)CCNC(=O)[C@H](O)C(C)(C)COP(=O)(O)OP(=O)(O)OC[C@H]1O[C@@H](n2cnc3c(N)ncnc32)[C@H](O)[C@H]1OP(=O)([O-])O.[Li+]. The van der Waals surface area contributed by atoms with E-state index in [1.807, 2.05) is 0 Å². The molecule has 3 rings (SSSR count). The maximum Gasteiger partial charge on any atom is 1.00 e. The number of nitrogens with two attached hydrogens (primary N) is 1. The molecule has 3 heterocycles. The summed E-state index contributed by atoms with van der Waals surface area (Å²) in [6.07, 6.45) is 19.5. The quantitative estimate of drug-likeness (QED) is 0.0215. The summed E-state index contributed by atoms with van der Waals surface area (Å²) in [5, 5.41) is 26.5. The van der Waals surface area contributed by atoms with Crippen LogP contribution < -0.4 is 40.1 Å². The number of aromatic nitrogens is 4. The molecule has 29 heteroatoms. The van der Waals surface area contributed by atoms with Gasteiger partial charge in [0.2, 0.25) is 11.8 Å². The van der Waals surface area contributed by atoms with Crippen LogP contribution in [-0.2, 0) is 50.7 Å². The number of fused-ring (bicyclic) bond motifs is 1. The number of carbonyl (C=O) groups excluding carboxylic acids is 3. The van der Waals surface area contributed by atoms with Gasteiger partial charge in [0.1, 0.15) is 36.3 Å². The van der Waals surface area contributed by atoms with E-state index < -0.39 is 84.6 Å². The van der Waals surface area contributed by atoms with E-state index >= 15 is 0 Å². The van der Waals surface area contributed by atoms with E-state index in [1.165, 1.54) is 33.1 Å². The molecule has 2 aromatic rings. The molecule has 0 aromatic carbocycles. The Labute approximate surface area is 423 Å². The number of allylic oxidation sites excluding steroid dienone is 8. The van der Waals surface area contributed by atoms with Gasteiger partial charge in [-0.15, -0.1) is 0 Å². The monoisotopic (exact) mass is 1060 g/mol. The van der Waals surface area contributed by atoms with Crippen molar-refractivity contribution in [3.05, 3.63) is 61.3 Å². The van der Waals surface area contributed by atoms with Crippen LogP contribution in [0, 0.1) is 5.41 Å². The minimum absolute atomic E-state index is 0. The molecular weight excluding hydrogens is 994 g/mol. The number of aliphatic hydroxyl groups excluding tert-OH is 2. The Bertz CT molecular complexity index is 2230. The number of aliphatic hydroxyl groups is 2. The number of imidazole rings is 1. The van der Waals surface area contributed by atoms with Crippen LogP contribution in [-0.4, -0.2) is 118 Å². The molecule has 0 radical (unpaired) electrons. The normalized spacial score (nSPS) is 20.7. The zero-order valence-electron chi connectivity index (χ0n) is 39.7. The molecule has 1 aliphatic rings. The van der Waals surface area contributed by atoms with Gasteiger partial charge in [-0.05, 0) is 44.9 Å². The second-order valence-electron chi connectivity index (χ2n) is 16.2. The largest absolute Gasteiger partial charge is 1.00 e. The number of amides is 2. The van der Waals surface area contributed by atoms with Gasteiger partial charge >= 0.3 is 34.5 Å². The van der Waals surface area contributed by atoms with Crippen LogP contribution in [0.4, 0.5) is 5.82 Å². The molecule has 24 nitrogen and oxygen atoms in total. The van der Waals surface area contributed by atoms with Gasteiger partial charge < -0.3 is 55.4 Å². The molecule has 0 spiro atoms. The second kappa shape index (κ2) is 31.6. The Morgan fingerprint density at radius 3 is 2.16 bits per heavy atom. The Morgan fingerprint density at radius 2 is 1.53 bits per heavy atom. The van der Waals surface area contributed by atoms with Crippen molar-refractivity contribution in [2.45, 2.75) is 122 Å². The summed E-state index contributed by atoms with van der Waals surface area (Å²) in [4.78, 5) is 90.3. The number of unbranched alkanes of at least 4 members (excludes halogenated alkanes) is 4. The number of rotatable bonds is 33. The van der Waals surface area contributed by atoms with Crippen LogP contribution in [0.2, 0.25) is 0 Å². The predicted molar refractivity (Wildman–Crippen MR) is 253 cm³/mol. The van der Waals surface area contributed by atoms with Crippen LogP contribution in [0.15, 0.2) is 61.3 Å². The van der Waals surface area contributed by atoms with Crippen molar-refractivity contribution in [1.29, 1.82) is 0 Å². The number of hydrogen-bond acceptors (Lipinski definition) is 19. The van der Waals surface area contributed by atoms with Gasteiger partial charge in [-0.2, -0.15) is 4.31 Å². The number of phosphoric ester groups is 3. The maximum absolute atomic E-state index is 12.7. The van der Waals surface area contributed by atoms with E-state index in [9.17, 15) is 57.9 Å². The number of nitrogen functional groups attached to an aromatic ring is 1. The predicted octanol–water partition coefficient (Wildman–Crippen LogP) is 1.18. The first kappa shape index (κ1) is 63.2. The van der Waals surface area contributed by atoms with Crippen molar-refractivity contribution in [3.63, 3.8) is 0 Å². The Morgan fingerprint density at radius 1 is 0.914 bits per heavy atom. The number of phosphoric acid groups is 3. The number of thioether (sulfide) groups is 1. The van der Waals surface area contributed by atoms with E-state index in [4.69, 9.17) is 19.5 Å². The van der Waals surface area contributed by atoms with Crippen molar-refractivity contribution < 1.29 is 99.3 Å². The fourth-order valence-electron chi connectivity index (χ4n) is 6.29. The number of nitrogens with one attached hydrogen (secondary N) is 2. The van der Waals surface area contributed by atoms with E-state index in [2.05, 4.69) is 90.0 Å². The third-order valence-electron chi connectivity index (χ3n) is 9.97. The molecule has 1 saturated heterocycles. The smallest absolute Gasteiger partial charge is 0.756 e. The molecule has 0 bridgehead atoms. The standard InChI is InChI=1S/C41H66N7O17P3S.Li/c1-4-5-6-7-8-9-10-11-12-13-14-15-16-17-18-19-20-21-32(50)69-25-24-43-31(49)22-23-44-39(53)36(52)41(2,3)27-62-68(59,60)65-67(57,58)61-26-30-35(64-66(54,55)56)34(51)40(63-30)48-29-47-33-37(42)45-28-46-38(33)48;/h8-9,11-12,14-15,17-18,28-30,34-36,40,51-52H,4-7,10,13,16,19-27H2,1-3H3,(H,43,49)(H,44,53)(H,57,58)(H,59,60)(H2,42,45,46)(H2,54,55,56);/q;+1/p-1/t30-,34-,35+,36+,40-;/m1./s1. The van der Waals surface area contributed by atoms with Gasteiger partial charge in [-0.3, -0.25) is 32.6 Å². The van der Waals surface area contributed by atoms with E-state index in [1.54, 1.807) is 0 Å². The summed E-state index contributed by atoms with van der Waals surface area (Å²) >= 11 is 1.11. The summed E-state index contributed by atoms with van der Waals surface area (Å²) in [6, 6.07) is 0. The van der Waals surface area contributed by atoms with Gasteiger partial charge in [0, 0.05) is 37.1 Å². The Kier molecular flexibility index (Phi) is 28.6. The molecule has 2 aromatic heterocycles. The van der Waals surface area contributed by atoms with E-state index in [0.717, 1.165) is 61.1 Å². The van der Waals surface area contributed by atoms with Crippen molar-refractivity contribution in [1.82, 2.24) is 30.2 Å². The average molecular weight is 1060 g/mol. The van der Waals surface area contributed by atoms with Crippen LogP contribution >= 0.6 is 35.2 Å². The molecule has 3 unspecified atom stereocenters. The summed E-state index contributed by atoms with van der Waals surface area (Å²) < 4.78 is 62.1. The van der Waals surface area contributed by atoms with Crippen molar-refractivity contribution >= 4 is 69.1 Å². The van der Waals surface area contributed by atoms with Gasteiger partial charge in [-0.25, -0.2) is 24.1 Å². The number of nitrogens with zero attached hydrogens (tertiary/aromatic N) is 4. The fourth-order valence-corrected chi connectivity index (χ4v) is 9.83. The fraction of sp³-hybridized carbons (Fsp3) is 0.610. The molecule has 0 aliphatic carbocycles. The summed E-state index contributed by atoms with van der Waals surface area (Å²) in [6.45, 7) is 2.66. The van der Waals surface area contributed by atoms with Gasteiger partial charge in [0.25, 0.3) is 7.82 Å². The minimum Gasteiger partial charge on any atom is -0.756 e. The first-order valence-electron chi connectivity index (χ1n) is 22.2. The topological polar surface area (TPSA) is 366 Å². The van der Waals surface area contributed by atoms with E-state index in [0.29, 0.717) is 18.6 Å². The summed E-state index contributed by atoms with van der Waals surface area (Å²) in [7, 11) is -16.7. The van der Waals surface area contributed by atoms with Crippen molar-refractivity contribution in [2.75, 3.05) is 37.8 Å². The van der Waals surface area contributed by atoms with Crippen molar-refractivity contribution in [3.8, 4) is 0 Å². The van der Waals surface area contributed by atoms with Crippen LogP contribution in [0.1, 0.15) is 97.6 Å². The maximum atomic E-state index is 12.7. The van der Waals surface area contributed by atoms with E-state index in [-0.39, 0.29) is 60.5 Å². The molecule has 8 atom stereocenters. The second-order valence-corrected chi connectivity index (χ2v) is 21.6. The van der Waals surface area contributed by atoms with Crippen molar-refractivity contribution in [2.24, 2.45) is 5.41 Å². The third kappa shape index (κ3) is 23.8. The van der Waals surface area contributed by atoms with Crippen LogP contribution in [0.3, 0.4) is 0 Å². The number of hydrogen-bond donors (Lipinski definition) is 8. The molecule has 1 aliphatic heterocycles. The van der Waals surface area contributed by atoms with Gasteiger partial charge in [0.05, 0.1) is 19.5 Å². The van der Waals surface area contributed by atoms with Crippen LogP contribution in [0.5, 0.6) is 0 Å². The zero-order chi connectivity index (χ0) is 51.1. The van der Waals surface area contributed by atoms with Gasteiger partial charge in [0.15, 0.2) is 22.8 Å². The summed E-state index contributed by atoms with van der Waals surface area (Å²) in [5.74, 6) is -1.11. The first-order chi connectivity index (χ1) is 32.6. The van der Waals surface area contributed by atoms with Gasteiger partial charge in [-0.1, -0.05) is 94.0 Å². The third-order valence-corrected chi connectivity index (χ3v) is 14.0. The Hall–Kier alpha value is -2.88. The zero-order valence-corrected chi connectivity index (χ0v) is 43.2. The molecule has 70 heavy (non-hydrogen) atoms.